The topological polar surface area (TPSA) is 114 Å². The maximum absolute atomic E-state index is 13.0. The van der Waals surface area contributed by atoms with E-state index in [-0.39, 0.29) is 23.2 Å². The maximum atomic E-state index is 13.0. The van der Waals surface area contributed by atoms with E-state index in [4.69, 9.17) is 4.52 Å². The van der Waals surface area contributed by atoms with Gasteiger partial charge in [0, 0.05) is 26.1 Å². The molecule has 0 unspecified atom stereocenters. The molecule has 1 aliphatic rings. The Morgan fingerprint density at radius 1 is 1.18 bits per heavy atom. The van der Waals surface area contributed by atoms with Gasteiger partial charge in [0.15, 0.2) is 5.82 Å². The van der Waals surface area contributed by atoms with Gasteiger partial charge in [0.25, 0.3) is 0 Å². The summed E-state index contributed by atoms with van der Waals surface area (Å²) in [6, 6.07) is 4.54. The summed E-state index contributed by atoms with van der Waals surface area (Å²) < 4.78 is 68.9. The minimum absolute atomic E-state index is 0.0377. The number of nitrogens with zero attached hydrogens (tertiary/aromatic N) is 4. The Morgan fingerprint density at radius 2 is 1.79 bits per heavy atom. The quantitative estimate of drug-likeness (QED) is 0.673. The lowest BCUT2D eigenvalue weighted by atomic mass is 9.98. The third-order valence-corrected chi connectivity index (χ3v) is 7.77. The smallest absolute Gasteiger partial charge is 0.243 e. The van der Waals surface area contributed by atoms with Crippen LogP contribution in [0.2, 0.25) is 0 Å². The highest BCUT2D eigenvalue weighted by Crippen LogP contribution is 2.27. The van der Waals surface area contributed by atoms with Crippen molar-refractivity contribution in [3.05, 3.63) is 41.8 Å². The molecule has 0 spiro atoms. The van der Waals surface area contributed by atoms with Crippen LogP contribution in [0.1, 0.15) is 30.5 Å². The van der Waals surface area contributed by atoms with Crippen LogP contribution in [0.25, 0.3) is 0 Å². The van der Waals surface area contributed by atoms with Gasteiger partial charge in [-0.25, -0.2) is 25.5 Å². The van der Waals surface area contributed by atoms with Crippen molar-refractivity contribution in [2.45, 2.75) is 30.2 Å². The van der Waals surface area contributed by atoms with Gasteiger partial charge in [-0.1, -0.05) is 5.16 Å². The van der Waals surface area contributed by atoms with Crippen molar-refractivity contribution >= 4 is 20.0 Å². The van der Waals surface area contributed by atoms with E-state index in [1.807, 2.05) is 0 Å². The summed E-state index contributed by atoms with van der Waals surface area (Å²) in [5.74, 6) is 0.00374. The molecule has 1 saturated heterocycles. The summed E-state index contributed by atoms with van der Waals surface area (Å²) in [4.78, 5) is 4.23. The third-order valence-electron chi connectivity index (χ3n) is 4.65. The molecular formula is C16H21FN4O5S2. The highest BCUT2D eigenvalue weighted by molar-refractivity contribution is 7.89. The van der Waals surface area contributed by atoms with Gasteiger partial charge in [0.1, 0.15) is 5.82 Å². The van der Waals surface area contributed by atoms with Gasteiger partial charge in [0.05, 0.1) is 17.7 Å². The molecule has 1 fully saturated rings. The van der Waals surface area contributed by atoms with Crippen LogP contribution < -0.4 is 0 Å². The Kier molecular flexibility index (Phi) is 5.84. The lowest BCUT2D eigenvalue weighted by Crippen LogP contribution is -2.37. The molecule has 28 heavy (non-hydrogen) atoms. The van der Waals surface area contributed by atoms with Crippen LogP contribution in [-0.4, -0.2) is 62.0 Å². The van der Waals surface area contributed by atoms with Crippen LogP contribution in [0.3, 0.4) is 0 Å². The molecule has 0 saturated carbocycles. The minimum atomic E-state index is -3.83. The van der Waals surface area contributed by atoms with Gasteiger partial charge >= 0.3 is 0 Å². The first kappa shape index (κ1) is 20.8. The van der Waals surface area contributed by atoms with Crippen molar-refractivity contribution in [3.63, 3.8) is 0 Å². The number of aromatic nitrogens is 2. The van der Waals surface area contributed by atoms with Crippen LogP contribution in [0, 0.1) is 5.82 Å². The molecule has 0 N–H and O–H groups in total. The fraction of sp³-hybridized carbons (Fsp3) is 0.500. The zero-order valence-corrected chi connectivity index (χ0v) is 17.1. The molecule has 1 aromatic carbocycles. The second kappa shape index (κ2) is 7.85. The largest absolute Gasteiger partial charge is 0.338 e. The van der Waals surface area contributed by atoms with Crippen molar-refractivity contribution in [1.29, 1.82) is 0 Å². The lowest BCUT2D eigenvalue weighted by Gasteiger charge is -2.28. The number of hydrogen-bond donors (Lipinski definition) is 0. The summed E-state index contributed by atoms with van der Waals surface area (Å²) in [5.41, 5.74) is 0. The molecule has 0 amide bonds. The van der Waals surface area contributed by atoms with Gasteiger partial charge in [0.2, 0.25) is 25.9 Å². The zero-order valence-electron chi connectivity index (χ0n) is 15.4. The molecule has 0 bridgehead atoms. The van der Waals surface area contributed by atoms with Gasteiger partial charge < -0.3 is 4.52 Å². The van der Waals surface area contributed by atoms with E-state index in [1.165, 1.54) is 29.7 Å². The molecule has 12 heteroatoms. The van der Waals surface area contributed by atoms with Crippen molar-refractivity contribution in [3.8, 4) is 0 Å². The molecule has 0 aliphatic carbocycles. The standard InChI is InChI=1S/C16H21FN4O5S2/c1-20(28(24,25)14-5-3-13(17)4-6-14)11-15-18-16(19-26-15)12-7-9-21(10-8-12)27(2,22)23/h3-6,12H,7-11H2,1-2H3. The second-order valence-electron chi connectivity index (χ2n) is 6.70. The van der Waals surface area contributed by atoms with E-state index in [0.29, 0.717) is 31.8 Å². The first-order valence-electron chi connectivity index (χ1n) is 8.57. The molecule has 9 nitrogen and oxygen atoms in total. The molecule has 154 valence electrons. The number of hydrogen-bond acceptors (Lipinski definition) is 7. The monoisotopic (exact) mass is 432 g/mol. The summed E-state index contributed by atoms with van der Waals surface area (Å²) in [7, 11) is -5.67. The van der Waals surface area contributed by atoms with Crippen LogP contribution in [0.4, 0.5) is 4.39 Å². The Hall–Kier alpha value is -1.89. The predicted octanol–water partition coefficient (Wildman–Crippen LogP) is 1.17. The highest BCUT2D eigenvalue weighted by Gasteiger charge is 2.29. The average molecular weight is 432 g/mol. The van der Waals surface area contributed by atoms with Crippen LogP contribution >= 0.6 is 0 Å². The van der Waals surface area contributed by atoms with E-state index in [2.05, 4.69) is 10.1 Å². The molecule has 3 rings (SSSR count). The van der Waals surface area contributed by atoms with E-state index < -0.39 is 25.9 Å². The Balaban J connectivity index is 1.65. The maximum Gasteiger partial charge on any atom is 0.243 e. The normalized spacial score (nSPS) is 17.3. The fourth-order valence-corrected chi connectivity index (χ4v) is 5.00. The third kappa shape index (κ3) is 4.57. The fourth-order valence-electron chi connectivity index (χ4n) is 3.01. The SMILES string of the molecule is CN(Cc1nc(C2CCN(S(C)(=O)=O)CC2)no1)S(=O)(=O)c1ccc(F)cc1. The number of sulfonamides is 2. The molecule has 2 heterocycles. The Bertz CT molecular complexity index is 1030. The van der Waals surface area contributed by atoms with Crippen LogP contribution in [-0.2, 0) is 26.6 Å². The van der Waals surface area contributed by atoms with Gasteiger partial charge in [-0.3, -0.25) is 0 Å². The van der Waals surface area contributed by atoms with Gasteiger partial charge in [-0.2, -0.15) is 9.29 Å². The molecular weight excluding hydrogens is 411 g/mol. The molecule has 1 aromatic heterocycles. The van der Waals surface area contributed by atoms with Gasteiger partial charge in [-0.15, -0.1) is 0 Å². The zero-order chi connectivity index (χ0) is 20.5. The molecule has 0 atom stereocenters. The summed E-state index contributed by atoms with van der Waals surface area (Å²) in [6.07, 6.45) is 2.31. The number of rotatable bonds is 6. The van der Waals surface area contributed by atoms with Crippen LogP contribution in [0.5, 0.6) is 0 Å². The number of halogens is 1. The summed E-state index contributed by atoms with van der Waals surface area (Å²) >= 11 is 0. The van der Waals surface area contributed by atoms with Crippen molar-refractivity contribution in [1.82, 2.24) is 18.8 Å². The Labute approximate surface area is 163 Å². The predicted molar refractivity (Wildman–Crippen MR) is 97.7 cm³/mol. The highest BCUT2D eigenvalue weighted by atomic mass is 32.2. The first-order valence-corrected chi connectivity index (χ1v) is 11.9. The number of benzene rings is 1. The molecule has 0 radical (unpaired) electrons. The van der Waals surface area contributed by atoms with Gasteiger partial charge in [-0.05, 0) is 37.1 Å². The molecule has 1 aliphatic heterocycles. The van der Waals surface area contributed by atoms with Crippen molar-refractivity contribution < 1.29 is 25.7 Å². The van der Waals surface area contributed by atoms with E-state index in [1.54, 1.807) is 0 Å². The van der Waals surface area contributed by atoms with E-state index in [0.717, 1.165) is 16.4 Å². The van der Waals surface area contributed by atoms with E-state index in [9.17, 15) is 21.2 Å². The van der Waals surface area contributed by atoms with Crippen molar-refractivity contribution in [2.75, 3.05) is 26.4 Å². The first-order chi connectivity index (χ1) is 13.1. The van der Waals surface area contributed by atoms with Crippen molar-refractivity contribution in [2.24, 2.45) is 0 Å². The second-order valence-corrected chi connectivity index (χ2v) is 10.7. The van der Waals surface area contributed by atoms with E-state index >= 15 is 0 Å². The number of piperidine rings is 1. The average Bonchev–Trinajstić information content (AvgIpc) is 3.10. The lowest BCUT2D eigenvalue weighted by molar-refractivity contribution is 0.302. The minimum Gasteiger partial charge on any atom is -0.338 e. The summed E-state index contributed by atoms with van der Waals surface area (Å²) in [6.45, 7) is 0.632. The molecule has 2 aromatic rings. The Morgan fingerprint density at radius 3 is 2.36 bits per heavy atom. The van der Waals surface area contributed by atoms with Crippen LogP contribution in [0.15, 0.2) is 33.7 Å². The summed E-state index contributed by atoms with van der Waals surface area (Å²) in [5, 5.41) is 3.92.